The van der Waals surface area contributed by atoms with Crippen LogP contribution in [0.4, 0.5) is 13.2 Å². The highest BCUT2D eigenvalue weighted by molar-refractivity contribution is 5.11. The van der Waals surface area contributed by atoms with E-state index >= 15 is 0 Å². The summed E-state index contributed by atoms with van der Waals surface area (Å²) in [4.78, 5) is 0. The summed E-state index contributed by atoms with van der Waals surface area (Å²) >= 11 is 0. The van der Waals surface area contributed by atoms with E-state index in [-0.39, 0.29) is 5.56 Å². The van der Waals surface area contributed by atoms with Crippen LogP contribution in [0.15, 0.2) is 12.4 Å². The van der Waals surface area contributed by atoms with Gasteiger partial charge in [0.2, 0.25) is 0 Å². The first-order valence-corrected chi connectivity index (χ1v) is 3.79. The molecule has 1 unspecified atom stereocenters. The van der Waals surface area contributed by atoms with Gasteiger partial charge in [0.25, 0.3) is 0 Å². The van der Waals surface area contributed by atoms with Crippen LogP contribution in [0.3, 0.4) is 0 Å². The molecule has 6 heteroatoms. The van der Waals surface area contributed by atoms with Crippen molar-refractivity contribution in [1.82, 2.24) is 9.78 Å². The summed E-state index contributed by atoms with van der Waals surface area (Å²) < 4.78 is 37.7. The quantitative estimate of drug-likeness (QED) is 0.772. The molecule has 2 N–H and O–H groups in total. The number of rotatable bonds is 2. The Labute approximate surface area is 73.3 Å². The molecule has 0 spiro atoms. The minimum absolute atomic E-state index is 0.00523. The molecule has 1 heterocycles. The van der Waals surface area contributed by atoms with E-state index in [1.165, 1.54) is 10.9 Å². The maximum absolute atomic E-state index is 12.1. The topological polar surface area (TPSA) is 43.8 Å². The fourth-order valence-corrected chi connectivity index (χ4v) is 0.902. The highest BCUT2D eigenvalue weighted by atomic mass is 19.4. The molecule has 0 aliphatic heterocycles. The van der Waals surface area contributed by atoms with Crippen molar-refractivity contribution in [2.75, 3.05) is 0 Å². The van der Waals surface area contributed by atoms with Crippen LogP contribution in [0.1, 0.15) is 18.5 Å². The first-order chi connectivity index (χ1) is 5.95. The maximum atomic E-state index is 12.1. The lowest BCUT2D eigenvalue weighted by Crippen LogP contribution is -2.28. The van der Waals surface area contributed by atoms with Crippen molar-refractivity contribution >= 4 is 0 Å². The third kappa shape index (κ3) is 2.21. The number of halogens is 3. The molecule has 74 valence electrons. The molecule has 0 amide bonds. The highest BCUT2D eigenvalue weighted by Crippen LogP contribution is 2.29. The van der Waals surface area contributed by atoms with Gasteiger partial charge in [0.15, 0.2) is 0 Å². The molecule has 1 rings (SSSR count). The van der Waals surface area contributed by atoms with Gasteiger partial charge in [-0.2, -0.15) is 18.3 Å². The van der Waals surface area contributed by atoms with E-state index in [4.69, 9.17) is 5.73 Å². The number of nitrogens with two attached hydrogens (primary N) is 1. The lowest BCUT2D eigenvalue weighted by Gasteiger charge is -2.12. The number of nitrogens with zero attached hydrogens (tertiary/aromatic N) is 2. The lowest BCUT2D eigenvalue weighted by atomic mass is 10.2. The Kier molecular flexibility index (Phi) is 2.60. The molecular weight excluding hydrogens is 183 g/mol. The lowest BCUT2D eigenvalue weighted by molar-refractivity contribution is -0.149. The second kappa shape index (κ2) is 3.37. The highest BCUT2D eigenvalue weighted by Gasteiger charge is 2.38. The zero-order valence-electron chi connectivity index (χ0n) is 7.04. The smallest absolute Gasteiger partial charge is 0.316 e. The summed E-state index contributed by atoms with van der Waals surface area (Å²) in [5, 5.41) is 3.71. The van der Waals surface area contributed by atoms with Crippen LogP contribution in [0.2, 0.25) is 0 Å². The van der Waals surface area contributed by atoms with Gasteiger partial charge in [-0.15, -0.1) is 0 Å². The average molecular weight is 193 g/mol. The summed E-state index contributed by atoms with van der Waals surface area (Å²) in [6.45, 7) is 2.32. The van der Waals surface area contributed by atoms with Crippen molar-refractivity contribution < 1.29 is 13.2 Å². The van der Waals surface area contributed by atoms with E-state index in [9.17, 15) is 13.2 Å². The van der Waals surface area contributed by atoms with Gasteiger partial charge in [-0.3, -0.25) is 4.68 Å². The van der Waals surface area contributed by atoms with Gasteiger partial charge in [-0.25, -0.2) is 0 Å². The van der Waals surface area contributed by atoms with Crippen molar-refractivity contribution in [3.8, 4) is 0 Å². The van der Waals surface area contributed by atoms with Crippen molar-refractivity contribution in [2.24, 2.45) is 5.73 Å². The van der Waals surface area contributed by atoms with Crippen molar-refractivity contribution in [3.05, 3.63) is 18.0 Å². The molecule has 0 bridgehead atoms. The van der Waals surface area contributed by atoms with E-state index in [0.717, 1.165) is 6.20 Å². The Balaban J connectivity index is 2.83. The normalized spacial score (nSPS) is 14.5. The molecule has 0 saturated carbocycles. The Morgan fingerprint density at radius 2 is 2.23 bits per heavy atom. The molecule has 0 aliphatic rings. The molecule has 3 nitrogen and oxygen atoms in total. The van der Waals surface area contributed by atoms with Crippen LogP contribution in [-0.2, 0) is 6.54 Å². The van der Waals surface area contributed by atoms with Crippen molar-refractivity contribution in [2.45, 2.75) is 25.7 Å². The molecule has 0 radical (unpaired) electrons. The van der Waals surface area contributed by atoms with Crippen LogP contribution in [-0.4, -0.2) is 16.0 Å². The Morgan fingerprint density at radius 1 is 1.62 bits per heavy atom. The zero-order chi connectivity index (χ0) is 10.1. The van der Waals surface area contributed by atoms with Gasteiger partial charge in [0.1, 0.15) is 6.04 Å². The standard InChI is InChI=1S/C7H10F3N3/c1-2-13-4-5(3-12-13)6(11)7(8,9)10/h3-4,6H,2,11H2,1H3. The second-order valence-corrected chi connectivity index (χ2v) is 2.65. The Bertz CT molecular complexity index is 279. The van der Waals surface area contributed by atoms with Crippen LogP contribution >= 0.6 is 0 Å². The van der Waals surface area contributed by atoms with Gasteiger partial charge >= 0.3 is 6.18 Å². The molecule has 0 fully saturated rings. The summed E-state index contributed by atoms with van der Waals surface area (Å²) in [5.74, 6) is 0. The minimum atomic E-state index is -4.40. The zero-order valence-corrected chi connectivity index (χ0v) is 7.04. The Morgan fingerprint density at radius 3 is 2.62 bits per heavy atom. The van der Waals surface area contributed by atoms with Crippen LogP contribution in [0, 0.1) is 0 Å². The van der Waals surface area contributed by atoms with Crippen molar-refractivity contribution in [1.29, 1.82) is 0 Å². The van der Waals surface area contributed by atoms with Gasteiger partial charge < -0.3 is 5.73 Å². The predicted octanol–water partition coefficient (Wildman–Crippen LogP) is 1.47. The summed E-state index contributed by atoms with van der Waals surface area (Å²) in [6, 6.07) is -1.94. The van der Waals surface area contributed by atoms with Crippen molar-refractivity contribution in [3.63, 3.8) is 0 Å². The SMILES string of the molecule is CCn1cc(C(N)C(F)(F)F)cn1. The van der Waals surface area contributed by atoms with Gasteiger partial charge in [-0.1, -0.05) is 0 Å². The van der Waals surface area contributed by atoms with E-state index in [2.05, 4.69) is 5.10 Å². The van der Waals surface area contributed by atoms with E-state index < -0.39 is 12.2 Å². The first kappa shape index (κ1) is 10.0. The number of aryl methyl sites for hydroxylation is 1. The van der Waals surface area contributed by atoms with E-state index in [1.807, 2.05) is 0 Å². The number of alkyl halides is 3. The monoisotopic (exact) mass is 193 g/mol. The van der Waals surface area contributed by atoms with E-state index in [1.54, 1.807) is 6.92 Å². The molecule has 1 aromatic heterocycles. The maximum Gasteiger partial charge on any atom is 0.407 e. The number of hydrogen-bond donors (Lipinski definition) is 1. The number of hydrogen-bond acceptors (Lipinski definition) is 2. The van der Waals surface area contributed by atoms with Gasteiger partial charge in [-0.05, 0) is 6.92 Å². The second-order valence-electron chi connectivity index (χ2n) is 2.65. The largest absolute Gasteiger partial charge is 0.407 e. The van der Waals surface area contributed by atoms with Gasteiger partial charge in [0.05, 0.1) is 6.20 Å². The third-order valence-electron chi connectivity index (χ3n) is 1.69. The minimum Gasteiger partial charge on any atom is -0.316 e. The molecule has 0 saturated heterocycles. The molecule has 13 heavy (non-hydrogen) atoms. The van der Waals surface area contributed by atoms with Crippen LogP contribution in [0.5, 0.6) is 0 Å². The Hall–Kier alpha value is -1.04. The van der Waals surface area contributed by atoms with Gasteiger partial charge in [0, 0.05) is 18.3 Å². The molecule has 1 atom stereocenters. The van der Waals surface area contributed by atoms with Crippen LogP contribution in [0.25, 0.3) is 0 Å². The molecule has 1 aromatic rings. The molecule has 0 aliphatic carbocycles. The van der Waals surface area contributed by atoms with Crippen LogP contribution < -0.4 is 5.73 Å². The average Bonchev–Trinajstić information content (AvgIpc) is 2.48. The summed E-state index contributed by atoms with van der Waals surface area (Å²) in [6.07, 6.45) is -1.96. The fraction of sp³-hybridized carbons (Fsp3) is 0.571. The predicted molar refractivity (Wildman–Crippen MR) is 40.9 cm³/mol. The van der Waals surface area contributed by atoms with E-state index in [0.29, 0.717) is 6.54 Å². The number of aromatic nitrogens is 2. The molecule has 0 aromatic carbocycles. The summed E-state index contributed by atoms with van der Waals surface area (Å²) in [5.41, 5.74) is 4.96. The third-order valence-corrected chi connectivity index (χ3v) is 1.69. The fourth-order valence-electron chi connectivity index (χ4n) is 0.902. The first-order valence-electron chi connectivity index (χ1n) is 3.79. The summed E-state index contributed by atoms with van der Waals surface area (Å²) in [7, 11) is 0. The molecular formula is C7H10F3N3.